The molecule has 0 radical (unpaired) electrons. The first-order valence-electron chi connectivity index (χ1n) is 6.06. The Hall–Kier alpha value is -2.17. The van der Waals surface area contributed by atoms with Crippen LogP contribution in [0.4, 0.5) is 0 Å². The standard InChI is InChI=1S/C14H18N2O3/c1-10(2)13(14(15)19)16(9-17)8-12(18)11-6-4-3-5-7-11/h3-7,9-10,13H,8H2,1-2H3,(H2,15,19). The first-order chi connectivity index (χ1) is 8.97. The second-order valence-corrected chi connectivity index (χ2v) is 4.66. The Morgan fingerprint density at radius 2 is 1.84 bits per heavy atom. The van der Waals surface area contributed by atoms with Crippen LogP contribution in [0.5, 0.6) is 0 Å². The molecule has 0 heterocycles. The third-order valence-electron chi connectivity index (χ3n) is 2.84. The van der Waals surface area contributed by atoms with E-state index in [9.17, 15) is 14.4 Å². The summed E-state index contributed by atoms with van der Waals surface area (Å²) in [7, 11) is 0. The predicted molar refractivity (Wildman–Crippen MR) is 71.4 cm³/mol. The van der Waals surface area contributed by atoms with Gasteiger partial charge in [0.25, 0.3) is 0 Å². The predicted octanol–water partition coefficient (Wildman–Crippen LogP) is 0.838. The molecule has 2 N–H and O–H groups in total. The van der Waals surface area contributed by atoms with Gasteiger partial charge < -0.3 is 10.6 Å². The van der Waals surface area contributed by atoms with E-state index in [0.29, 0.717) is 12.0 Å². The number of nitrogens with two attached hydrogens (primary N) is 1. The zero-order valence-electron chi connectivity index (χ0n) is 11.1. The number of amides is 2. The smallest absolute Gasteiger partial charge is 0.240 e. The van der Waals surface area contributed by atoms with Crippen molar-refractivity contribution >= 4 is 18.1 Å². The fourth-order valence-corrected chi connectivity index (χ4v) is 1.96. The maximum atomic E-state index is 12.0. The SMILES string of the molecule is CC(C)C(C(N)=O)N(C=O)CC(=O)c1ccccc1. The van der Waals surface area contributed by atoms with Crippen molar-refractivity contribution < 1.29 is 14.4 Å². The van der Waals surface area contributed by atoms with Crippen LogP contribution in [0.2, 0.25) is 0 Å². The number of carbonyl (C=O) groups is 3. The van der Waals surface area contributed by atoms with Gasteiger partial charge in [-0.3, -0.25) is 14.4 Å². The third kappa shape index (κ3) is 3.91. The van der Waals surface area contributed by atoms with Crippen LogP contribution in [-0.4, -0.2) is 35.6 Å². The molecule has 0 spiro atoms. The van der Waals surface area contributed by atoms with E-state index in [-0.39, 0.29) is 18.2 Å². The normalized spacial score (nSPS) is 11.9. The van der Waals surface area contributed by atoms with Crippen LogP contribution in [-0.2, 0) is 9.59 Å². The Morgan fingerprint density at radius 3 is 2.26 bits per heavy atom. The first-order valence-corrected chi connectivity index (χ1v) is 6.06. The third-order valence-corrected chi connectivity index (χ3v) is 2.84. The maximum absolute atomic E-state index is 12.0. The minimum absolute atomic E-state index is 0.147. The summed E-state index contributed by atoms with van der Waals surface area (Å²) >= 11 is 0. The molecule has 1 aromatic rings. The molecule has 0 aliphatic heterocycles. The van der Waals surface area contributed by atoms with Crippen molar-refractivity contribution in [1.29, 1.82) is 0 Å². The van der Waals surface area contributed by atoms with Gasteiger partial charge in [-0.2, -0.15) is 0 Å². The van der Waals surface area contributed by atoms with E-state index in [1.807, 2.05) is 0 Å². The van der Waals surface area contributed by atoms with E-state index in [4.69, 9.17) is 5.73 Å². The molecule has 0 saturated heterocycles. The summed E-state index contributed by atoms with van der Waals surface area (Å²) < 4.78 is 0. The second kappa shape index (κ2) is 6.68. The van der Waals surface area contributed by atoms with Crippen LogP contribution in [0, 0.1) is 5.92 Å². The molecule has 5 nitrogen and oxygen atoms in total. The van der Waals surface area contributed by atoms with E-state index >= 15 is 0 Å². The fraction of sp³-hybridized carbons (Fsp3) is 0.357. The van der Waals surface area contributed by atoms with Crippen molar-refractivity contribution in [3.05, 3.63) is 35.9 Å². The van der Waals surface area contributed by atoms with Crippen LogP contribution in [0.15, 0.2) is 30.3 Å². The summed E-state index contributed by atoms with van der Waals surface area (Å²) in [5.74, 6) is -0.978. The number of carbonyl (C=O) groups excluding carboxylic acids is 3. The van der Waals surface area contributed by atoms with E-state index in [2.05, 4.69) is 0 Å². The number of nitrogens with zero attached hydrogens (tertiary/aromatic N) is 1. The van der Waals surface area contributed by atoms with Gasteiger partial charge in [0.1, 0.15) is 6.04 Å². The Morgan fingerprint density at radius 1 is 1.26 bits per heavy atom. The molecule has 0 aliphatic rings. The molecule has 102 valence electrons. The molecule has 1 rings (SSSR count). The Labute approximate surface area is 112 Å². The first kappa shape index (κ1) is 14.9. The van der Waals surface area contributed by atoms with Gasteiger partial charge in [-0.1, -0.05) is 44.2 Å². The van der Waals surface area contributed by atoms with Crippen molar-refractivity contribution in [3.63, 3.8) is 0 Å². The van der Waals surface area contributed by atoms with Gasteiger partial charge in [-0.15, -0.1) is 0 Å². The van der Waals surface area contributed by atoms with Gasteiger partial charge in [0.2, 0.25) is 12.3 Å². The second-order valence-electron chi connectivity index (χ2n) is 4.66. The number of ketones is 1. The summed E-state index contributed by atoms with van der Waals surface area (Å²) in [4.78, 5) is 35.6. The molecule has 1 unspecified atom stereocenters. The molecule has 0 bridgehead atoms. The molecule has 0 fully saturated rings. The van der Waals surface area contributed by atoms with Crippen molar-refractivity contribution in [2.24, 2.45) is 11.7 Å². The number of benzene rings is 1. The van der Waals surface area contributed by atoms with Gasteiger partial charge in [-0.25, -0.2) is 0 Å². The van der Waals surface area contributed by atoms with Crippen LogP contribution >= 0.6 is 0 Å². The van der Waals surface area contributed by atoms with Crippen molar-refractivity contribution in [2.45, 2.75) is 19.9 Å². The average Bonchev–Trinajstić information content (AvgIpc) is 2.37. The van der Waals surface area contributed by atoms with Gasteiger partial charge in [0.05, 0.1) is 6.54 Å². The molecule has 19 heavy (non-hydrogen) atoms. The minimum Gasteiger partial charge on any atom is -0.368 e. The highest BCUT2D eigenvalue weighted by Gasteiger charge is 2.27. The summed E-state index contributed by atoms with van der Waals surface area (Å²) in [5, 5.41) is 0. The zero-order chi connectivity index (χ0) is 14.4. The van der Waals surface area contributed by atoms with Gasteiger partial charge in [-0.05, 0) is 5.92 Å². The monoisotopic (exact) mass is 262 g/mol. The van der Waals surface area contributed by atoms with Crippen LogP contribution < -0.4 is 5.73 Å². The Bertz CT molecular complexity index is 457. The number of hydrogen-bond donors (Lipinski definition) is 1. The Kier molecular flexibility index (Phi) is 5.23. The van der Waals surface area contributed by atoms with Gasteiger partial charge >= 0.3 is 0 Å². The molecule has 5 heteroatoms. The molecule has 0 aliphatic carbocycles. The molecular formula is C14H18N2O3. The molecule has 1 aromatic carbocycles. The molecule has 0 aromatic heterocycles. The molecule has 0 saturated carbocycles. The lowest BCUT2D eigenvalue weighted by Gasteiger charge is -2.28. The molecular weight excluding hydrogens is 244 g/mol. The molecule has 1 atom stereocenters. The summed E-state index contributed by atoms with van der Waals surface area (Å²) in [6.07, 6.45) is 0.496. The van der Waals surface area contributed by atoms with Crippen molar-refractivity contribution in [2.75, 3.05) is 6.54 Å². The fourth-order valence-electron chi connectivity index (χ4n) is 1.96. The molecule has 2 amide bonds. The number of hydrogen-bond acceptors (Lipinski definition) is 3. The van der Waals surface area contributed by atoms with E-state index in [1.54, 1.807) is 44.2 Å². The summed E-state index contributed by atoms with van der Waals surface area (Å²) in [5.41, 5.74) is 5.78. The van der Waals surface area contributed by atoms with Crippen LogP contribution in [0.1, 0.15) is 24.2 Å². The number of Topliss-reactive ketones (excluding diaryl/α,β-unsaturated/α-hetero) is 1. The highest BCUT2D eigenvalue weighted by Crippen LogP contribution is 2.10. The van der Waals surface area contributed by atoms with E-state index in [0.717, 1.165) is 4.90 Å². The Balaban J connectivity index is 2.85. The van der Waals surface area contributed by atoms with Gasteiger partial charge in [0.15, 0.2) is 5.78 Å². The quantitative estimate of drug-likeness (QED) is 0.584. The topological polar surface area (TPSA) is 80.5 Å². The van der Waals surface area contributed by atoms with Crippen molar-refractivity contribution in [3.8, 4) is 0 Å². The number of rotatable bonds is 7. The largest absolute Gasteiger partial charge is 0.368 e. The summed E-state index contributed by atoms with van der Waals surface area (Å²) in [6.45, 7) is 3.40. The maximum Gasteiger partial charge on any atom is 0.240 e. The highest BCUT2D eigenvalue weighted by atomic mass is 16.2. The highest BCUT2D eigenvalue weighted by molar-refractivity contribution is 5.99. The average molecular weight is 262 g/mol. The lowest BCUT2D eigenvalue weighted by atomic mass is 10.0. The van der Waals surface area contributed by atoms with Crippen LogP contribution in [0.25, 0.3) is 0 Å². The zero-order valence-corrected chi connectivity index (χ0v) is 11.1. The summed E-state index contributed by atoms with van der Waals surface area (Å²) in [6, 6.07) is 7.85. The van der Waals surface area contributed by atoms with E-state index < -0.39 is 11.9 Å². The number of primary amides is 1. The van der Waals surface area contributed by atoms with Crippen LogP contribution in [0.3, 0.4) is 0 Å². The minimum atomic E-state index is -0.773. The van der Waals surface area contributed by atoms with Crippen molar-refractivity contribution in [1.82, 2.24) is 4.90 Å². The lowest BCUT2D eigenvalue weighted by molar-refractivity contribution is -0.132. The van der Waals surface area contributed by atoms with E-state index in [1.165, 1.54) is 0 Å². The lowest BCUT2D eigenvalue weighted by Crippen LogP contribution is -2.49. The van der Waals surface area contributed by atoms with Gasteiger partial charge in [0, 0.05) is 5.56 Å².